The monoisotopic (exact) mass is 330 g/mol. The van der Waals surface area contributed by atoms with E-state index in [0.717, 1.165) is 0 Å². The quantitative estimate of drug-likeness (QED) is 0.874. The summed E-state index contributed by atoms with van der Waals surface area (Å²) in [5.74, 6) is -0.156. The Balaban J connectivity index is 2.02. The number of benzene rings is 1. The second-order valence-electron chi connectivity index (χ2n) is 4.13. The van der Waals surface area contributed by atoms with Gasteiger partial charge in [-0.15, -0.1) is 10.2 Å². The Morgan fingerprint density at radius 2 is 2.00 bits per heavy atom. The molecule has 0 aliphatic rings. The number of nitrogens with one attached hydrogen (secondary N) is 1. The highest BCUT2D eigenvalue weighted by Gasteiger charge is 2.17. The van der Waals surface area contributed by atoms with Gasteiger partial charge in [0, 0.05) is 22.8 Å². The zero-order valence-electron chi connectivity index (χ0n) is 10.8. The molecule has 0 saturated carbocycles. The van der Waals surface area contributed by atoms with Crippen molar-refractivity contribution in [2.45, 2.75) is 17.3 Å². The number of hydrogen-bond acceptors (Lipinski definition) is 4. The Hall–Kier alpha value is -1.24. The molecule has 1 amide bonds. The number of anilines is 1. The Labute approximate surface area is 130 Å². The molecular weight excluding hydrogens is 319 g/mol. The number of thioether (sulfide) groups is 1. The highest BCUT2D eigenvalue weighted by molar-refractivity contribution is 8.00. The van der Waals surface area contributed by atoms with E-state index in [4.69, 9.17) is 23.2 Å². The number of hydrogen-bond donors (Lipinski definition) is 1. The highest BCUT2D eigenvalue weighted by Crippen LogP contribution is 2.25. The van der Waals surface area contributed by atoms with Crippen molar-refractivity contribution in [2.24, 2.45) is 7.05 Å². The van der Waals surface area contributed by atoms with Crippen LogP contribution in [0.3, 0.4) is 0 Å². The van der Waals surface area contributed by atoms with Crippen LogP contribution in [0.15, 0.2) is 29.7 Å². The Morgan fingerprint density at radius 1 is 1.35 bits per heavy atom. The lowest BCUT2D eigenvalue weighted by atomic mass is 10.3. The van der Waals surface area contributed by atoms with Gasteiger partial charge in [0.1, 0.15) is 6.33 Å². The van der Waals surface area contributed by atoms with E-state index in [9.17, 15) is 4.79 Å². The number of aryl methyl sites for hydroxylation is 1. The number of nitrogens with zero attached hydrogens (tertiary/aromatic N) is 3. The van der Waals surface area contributed by atoms with Crippen molar-refractivity contribution in [3.05, 3.63) is 34.6 Å². The molecule has 0 unspecified atom stereocenters. The second-order valence-corrected chi connectivity index (χ2v) is 6.31. The number of carbonyl (C=O) groups is 1. The molecule has 0 aliphatic heterocycles. The molecule has 2 aromatic rings. The molecule has 1 heterocycles. The van der Waals surface area contributed by atoms with Crippen LogP contribution in [0.5, 0.6) is 0 Å². The zero-order chi connectivity index (χ0) is 14.7. The number of aromatic nitrogens is 3. The van der Waals surface area contributed by atoms with Crippen LogP contribution in [0.1, 0.15) is 6.92 Å². The van der Waals surface area contributed by atoms with Gasteiger partial charge in [-0.05, 0) is 25.1 Å². The van der Waals surface area contributed by atoms with Crippen LogP contribution >= 0.6 is 35.0 Å². The molecule has 0 saturated heterocycles. The van der Waals surface area contributed by atoms with Crippen molar-refractivity contribution in [3.8, 4) is 0 Å². The largest absolute Gasteiger partial charge is 0.325 e. The fourth-order valence-corrected chi connectivity index (χ4v) is 2.78. The maximum absolute atomic E-state index is 12.1. The molecule has 0 aliphatic carbocycles. The summed E-state index contributed by atoms with van der Waals surface area (Å²) in [6, 6.07) is 4.90. The minimum Gasteiger partial charge on any atom is -0.325 e. The summed E-state index contributed by atoms with van der Waals surface area (Å²) in [6.07, 6.45) is 1.59. The predicted octanol–water partition coefficient (Wildman–Crippen LogP) is 3.24. The maximum Gasteiger partial charge on any atom is 0.237 e. The SMILES string of the molecule is C[C@@H](Sc1nncn1C)C(=O)Nc1cc(Cl)cc(Cl)c1. The number of carbonyl (C=O) groups excluding carboxylic acids is 1. The first-order chi connectivity index (χ1) is 9.45. The highest BCUT2D eigenvalue weighted by atomic mass is 35.5. The number of amides is 1. The number of halogens is 2. The van der Waals surface area contributed by atoms with Crippen molar-refractivity contribution in [3.63, 3.8) is 0 Å². The van der Waals surface area contributed by atoms with E-state index in [0.29, 0.717) is 20.9 Å². The van der Waals surface area contributed by atoms with Crippen molar-refractivity contribution in [1.29, 1.82) is 0 Å². The summed E-state index contributed by atoms with van der Waals surface area (Å²) in [6.45, 7) is 1.79. The summed E-state index contributed by atoms with van der Waals surface area (Å²) in [7, 11) is 1.82. The third-order valence-electron chi connectivity index (χ3n) is 2.45. The summed E-state index contributed by atoms with van der Waals surface area (Å²) in [5.41, 5.74) is 0.568. The predicted molar refractivity (Wildman–Crippen MR) is 81.4 cm³/mol. The van der Waals surface area contributed by atoms with Crippen LogP contribution in [0, 0.1) is 0 Å². The number of rotatable bonds is 4. The van der Waals surface area contributed by atoms with Gasteiger partial charge >= 0.3 is 0 Å². The first-order valence-electron chi connectivity index (χ1n) is 5.73. The van der Waals surface area contributed by atoms with Gasteiger partial charge < -0.3 is 9.88 Å². The topological polar surface area (TPSA) is 59.8 Å². The van der Waals surface area contributed by atoms with E-state index in [-0.39, 0.29) is 11.2 Å². The molecule has 8 heteroatoms. The van der Waals surface area contributed by atoms with Crippen molar-refractivity contribution >= 4 is 46.6 Å². The van der Waals surface area contributed by atoms with E-state index in [1.807, 2.05) is 7.05 Å². The molecule has 2 rings (SSSR count). The fraction of sp³-hybridized carbons (Fsp3) is 0.250. The first-order valence-corrected chi connectivity index (χ1v) is 7.37. The normalized spacial score (nSPS) is 12.2. The summed E-state index contributed by atoms with van der Waals surface area (Å²) < 4.78 is 1.75. The van der Waals surface area contributed by atoms with Gasteiger partial charge in [-0.2, -0.15) is 0 Å². The van der Waals surface area contributed by atoms with Gasteiger partial charge in [-0.25, -0.2) is 0 Å². The van der Waals surface area contributed by atoms with Crippen molar-refractivity contribution < 1.29 is 4.79 Å². The van der Waals surface area contributed by atoms with Crippen LogP contribution in [0.25, 0.3) is 0 Å². The Bertz CT molecular complexity index is 611. The van der Waals surface area contributed by atoms with E-state index in [2.05, 4.69) is 15.5 Å². The Kier molecular flexibility index (Phi) is 4.91. The van der Waals surface area contributed by atoms with Gasteiger partial charge in [0.05, 0.1) is 5.25 Å². The lowest BCUT2D eigenvalue weighted by Gasteiger charge is -2.11. The molecule has 1 aromatic heterocycles. The van der Waals surface area contributed by atoms with Crippen LogP contribution in [-0.2, 0) is 11.8 Å². The van der Waals surface area contributed by atoms with Crippen molar-refractivity contribution in [1.82, 2.24) is 14.8 Å². The molecule has 1 atom stereocenters. The molecule has 1 N–H and O–H groups in total. The molecular formula is C12H12Cl2N4OS. The van der Waals surface area contributed by atoms with Gasteiger partial charge in [0.2, 0.25) is 5.91 Å². The van der Waals surface area contributed by atoms with Crippen LogP contribution < -0.4 is 5.32 Å². The fourth-order valence-electron chi connectivity index (χ4n) is 1.46. The zero-order valence-corrected chi connectivity index (χ0v) is 13.1. The molecule has 0 bridgehead atoms. The molecule has 0 radical (unpaired) electrons. The second kappa shape index (κ2) is 6.47. The minimum absolute atomic E-state index is 0.156. The van der Waals surface area contributed by atoms with Gasteiger partial charge in [-0.3, -0.25) is 4.79 Å². The van der Waals surface area contributed by atoms with E-state index in [1.54, 1.807) is 36.0 Å². The van der Waals surface area contributed by atoms with Crippen LogP contribution in [0.2, 0.25) is 10.0 Å². The molecule has 5 nitrogen and oxygen atoms in total. The Morgan fingerprint density at radius 3 is 2.55 bits per heavy atom. The lowest BCUT2D eigenvalue weighted by molar-refractivity contribution is -0.115. The molecule has 106 valence electrons. The molecule has 20 heavy (non-hydrogen) atoms. The van der Waals surface area contributed by atoms with E-state index >= 15 is 0 Å². The summed E-state index contributed by atoms with van der Waals surface area (Å²) in [4.78, 5) is 12.1. The standard InChI is InChI=1S/C12H12Cl2N4OS/c1-7(20-12-17-15-6-18(12)2)11(19)16-10-4-8(13)3-9(14)5-10/h3-7H,1-2H3,(H,16,19)/t7-/m1/s1. The van der Waals surface area contributed by atoms with Crippen molar-refractivity contribution in [2.75, 3.05) is 5.32 Å². The van der Waals surface area contributed by atoms with Crippen LogP contribution in [-0.4, -0.2) is 25.9 Å². The molecule has 0 fully saturated rings. The van der Waals surface area contributed by atoms with Gasteiger partial charge in [0.15, 0.2) is 5.16 Å². The summed E-state index contributed by atoms with van der Waals surface area (Å²) in [5, 5.41) is 11.8. The molecule has 0 spiro atoms. The third-order valence-corrected chi connectivity index (χ3v) is 4.04. The van der Waals surface area contributed by atoms with E-state index < -0.39 is 0 Å². The lowest BCUT2D eigenvalue weighted by Crippen LogP contribution is -2.22. The first kappa shape index (κ1) is 15.2. The third kappa shape index (κ3) is 3.88. The minimum atomic E-state index is -0.323. The average molecular weight is 331 g/mol. The van der Waals surface area contributed by atoms with E-state index in [1.165, 1.54) is 11.8 Å². The summed E-state index contributed by atoms with van der Waals surface area (Å²) >= 11 is 13.1. The average Bonchev–Trinajstić information content (AvgIpc) is 2.73. The maximum atomic E-state index is 12.1. The van der Waals surface area contributed by atoms with Gasteiger partial charge in [0.25, 0.3) is 0 Å². The molecule has 1 aromatic carbocycles. The van der Waals surface area contributed by atoms with Gasteiger partial charge in [-0.1, -0.05) is 35.0 Å². The van der Waals surface area contributed by atoms with Crippen LogP contribution in [0.4, 0.5) is 5.69 Å². The smallest absolute Gasteiger partial charge is 0.237 e.